The number of nitrogens with zero attached hydrogens (tertiary/aromatic N) is 4. The average Bonchev–Trinajstić information content (AvgIpc) is 2.98. The van der Waals surface area contributed by atoms with Gasteiger partial charge in [0.05, 0.1) is 0 Å². The predicted octanol–water partition coefficient (Wildman–Crippen LogP) is -0.101. The Labute approximate surface area is 101 Å². The highest BCUT2D eigenvalue weighted by Crippen LogP contribution is 2.09. The van der Waals surface area contributed by atoms with Crippen LogP contribution in [0.15, 0.2) is 18.7 Å². The summed E-state index contributed by atoms with van der Waals surface area (Å²) in [5.41, 5.74) is -0.0984. The number of anilines is 1. The quantitative estimate of drug-likeness (QED) is 0.695. The molecule has 0 spiro atoms. The van der Waals surface area contributed by atoms with Gasteiger partial charge in [-0.25, -0.2) is 14.5 Å². The van der Waals surface area contributed by atoms with Crippen molar-refractivity contribution >= 4 is 17.7 Å². The van der Waals surface area contributed by atoms with E-state index in [1.807, 2.05) is 0 Å². The van der Waals surface area contributed by atoms with E-state index in [9.17, 15) is 9.59 Å². The maximum Gasteiger partial charge on any atom is 0.353 e. The van der Waals surface area contributed by atoms with Gasteiger partial charge in [0.25, 0.3) is 0 Å². The smallest absolute Gasteiger partial charge is 0.353 e. The summed E-state index contributed by atoms with van der Waals surface area (Å²) in [6.07, 6.45) is 2.73. The Hall–Kier alpha value is -2.71. The highest BCUT2D eigenvalue weighted by Gasteiger charge is 2.17. The highest BCUT2D eigenvalue weighted by atomic mass is 16.4. The normalized spacial score (nSPS) is 12.1. The van der Waals surface area contributed by atoms with Crippen LogP contribution in [-0.2, 0) is 4.79 Å². The zero-order valence-electron chi connectivity index (χ0n) is 9.36. The van der Waals surface area contributed by atoms with E-state index in [2.05, 4.69) is 25.6 Å². The molecule has 0 aliphatic rings. The molecule has 0 saturated heterocycles. The second kappa shape index (κ2) is 4.65. The van der Waals surface area contributed by atoms with Crippen molar-refractivity contribution in [3.8, 4) is 0 Å². The second-order valence-electron chi connectivity index (χ2n) is 3.51. The zero-order chi connectivity index (χ0) is 13.1. The van der Waals surface area contributed by atoms with Crippen LogP contribution < -0.4 is 5.32 Å². The molecule has 2 aromatic heterocycles. The largest absolute Gasteiger partial charge is 0.477 e. The third kappa shape index (κ3) is 2.34. The SMILES string of the molecule is CC(C(=O)Nc1cc(C(=O)O)[nH]n1)n1cncn1. The van der Waals surface area contributed by atoms with E-state index >= 15 is 0 Å². The Bertz CT molecular complexity index is 561. The first-order chi connectivity index (χ1) is 8.58. The number of aromatic amines is 1. The number of rotatable bonds is 4. The molecule has 0 bridgehead atoms. The minimum Gasteiger partial charge on any atom is -0.477 e. The van der Waals surface area contributed by atoms with E-state index in [0.29, 0.717) is 0 Å². The number of aromatic nitrogens is 5. The molecule has 1 unspecified atom stereocenters. The standard InChI is InChI=1S/C9H10N6O3/c1-5(15-4-10-3-11-15)8(16)12-7-2-6(9(17)18)13-14-7/h2-5H,1H3,(H,17,18)(H2,12,13,14,16). The lowest BCUT2D eigenvalue weighted by molar-refractivity contribution is -0.119. The van der Waals surface area contributed by atoms with Gasteiger partial charge in [0, 0.05) is 6.07 Å². The molecule has 2 rings (SSSR count). The monoisotopic (exact) mass is 250 g/mol. The zero-order valence-corrected chi connectivity index (χ0v) is 9.36. The average molecular weight is 250 g/mol. The lowest BCUT2D eigenvalue weighted by atomic mass is 10.3. The van der Waals surface area contributed by atoms with Gasteiger partial charge >= 0.3 is 5.97 Å². The Morgan fingerprint density at radius 2 is 2.33 bits per heavy atom. The van der Waals surface area contributed by atoms with Crippen LogP contribution in [0.2, 0.25) is 0 Å². The van der Waals surface area contributed by atoms with Crippen molar-refractivity contribution in [2.24, 2.45) is 0 Å². The first-order valence-corrected chi connectivity index (χ1v) is 5.01. The number of amides is 1. The van der Waals surface area contributed by atoms with E-state index in [4.69, 9.17) is 5.11 Å². The van der Waals surface area contributed by atoms with Gasteiger partial charge in [-0.3, -0.25) is 9.89 Å². The molecule has 0 fully saturated rings. The molecule has 0 aliphatic carbocycles. The van der Waals surface area contributed by atoms with Crippen molar-refractivity contribution in [2.45, 2.75) is 13.0 Å². The lowest BCUT2D eigenvalue weighted by Crippen LogP contribution is -2.24. The Balaban J connectivity index is 2.04. The van der Waals surface area contributed by atoms with Gasteiger partial charge in [0.1, 0.15) is 24.4 Å². The van der Waals surface area contributed by atoms with Crippen LogP contribution in [0.1, 0.15) is 23.5 Å². The fourth-order valence-corrected chi connectivity index (χ4v) is 1.26. The molecule has 1 atom stereocenters. The maximum absolute atomic E-state index is 11.8. The van der Waals surface area contributed by atoms with Gasteiger partial charge < -0.3 is 10.4 Å². The fraction of sp³-hybridized carbons (Fsp3) is 0.222. The molecule has 2 aromatic rings. The third-order valence-electron chi connectivity index (χ3n) is 2.27. The molecule has 9 heteroatoms. The summed E-state index contributed by atoms with van der Waals surface area (Å²) in [6, 6.07) is 0.659. The number of carboxylic acid groups (broad SMARTS) is 1. The molecule has 0 saturated carbocycles. The number of hydrogen-bond acceptors (Lipinski definition) is 5. The van der Waals surface area contributed by atoms with Crippen LogP contribution >= 0.6 is 0 Å². The van der Waals surface area contributed by atoms with Gasteiger partial charge in [-0.05, 0) is 6.92 Å². The number of carbonyl (C=O) groups is 2. The van der Waals surface area contributed by atoms with Crippen LogP contribution in [0.5, 0.6) is 0 Å². The lowest BCUT2D eigenvalue weighted by Gasteiger charge is -2.09. The van der Waals surface area contributed by atoms with E-state index in [1.165, 1.54) is 23.4 Å². The van der Waals surface area contributed by atoms with Crippen LogP contribution in [0.25, 0.3) is 0 Å². The van der Waals surface area contributed by atoms with E-state index < -0.39 is 12.0 Å². The first-order valence-electron chi connectivity index (χ1n) is 5.01. The van der Waals surface area contributed by atoms with Crippen molar-refractivity contribution in [2.75, 3.05) is 5.32 Å². The number of nitrogens with one attached hydrogen (secondary N) is 2. The summed E-state index contributed by atoms with van der Waals surface area (Å²) in [7, 11) is 0. The van der Waals surface area contributed by atoms with Gasteiger partial charge in [-0.1, -0.05) is 0 Å². The number of aromatic carboxylic acids is 1. The van der Waals surface area contributed by atoms with Gasteiger partial charge in [-0.2, -0.15) is 10.2 Å². The summed E-state index contributed by atoms with van der Waals surface area (Å²) >= 11 is 0. The van der Waals surface area contributed by atoms with Crippen molar-refractivity contribution < 1.29 is 14.7 Å². The number of hydrogen-bond donors (Lipinski definition) is 3. The van der Waals surface area contributed by atoms with Crippen LogP contribution in [-0.4, -0.2) is 41.9 Å². The molecule has 1 amide bonds. The molecule has 9 nitrogen and oxygen atoms in total. The molecule has 2 heterocycles. The molecule has 18 heavy (non-hydrogen) atoms. The van der Waals surface area contributed by atoms with Crippen molar-refractivity contribution in [1.29, 1.82) is 0 Å². The van der Waals surface area contributed by atoms with E-state index in [1.54, 1.807) is 6.92 Å². The Morgan fingerprint density at radius 3 is 2.89 bits per heavy atom. The third-order valence-corrected chi connectivity index (χ3v) is 2.27. The van der Waals surface area contributed by atoms with Gasteiger partial charge in [-0.15, -0.1) is 0 Å². The molecular weight excluding hydrogens is 240 g/mol. The van der Waals surface area contributed by atoms with Gasteiger partial charge in [0.15, 0.2) is 5.82 Å². The molecule has 0 radical (unpaired) electrons. The molecule has 0 aromatic carbocycles. The van der Waals surface area contributed by atoms with Crippen LogP contribution in [0, 0.1) is 0 Å². The highest BCUT2D eigenvalue weighted by molar-refractivity contribution is 5.94. The first kappa shape index (κ1) is 11.8. The van der Waals surface area contributed by atoms with Crippen molar-refractivity contribution in [1.82, 2.24) is 25.0 Å². The molecule has 3 N–H and O–H groups in total. The van der Waals surface area contributed by atoms with Crippen molar-refractivity contribution in [3.05, 3.63) is 24.4 Å². The minimum atomic E-state index is -1.15. The number of H-pyrrole nitrogens is 1. The van der Waals surface area contributed by atoms with E-state index in [0.717, 1.165) is 0 Å². The summed E-state index contributed by atoms with van der Waals surface area (Å²) < 4.78 is 1.38. The Morgan fingerprint density at radius 1 is 1.56 bits per heavy atom. The number of carboxylic acids is 1. The molecular formula is C9H10N6O3. The summed E-state index contributed by atoms with van der Waals surface area (Å²) in [4.78, 5) is 26.1. The summed E-state index contributed by atoms with van der Waals surface area (Å²) in [5, 5.41) is 20.9. The molecule has 94 valence electrons. The molecule has 0 aliphatic heterocycles. The second-order valence-corrected chi connectivity index (χ2v) is 3.51. The number of carbonyl (C=O) groups excluding carboxylic acids is 1. The van der Waals surface area contributed by atoms with Crippen molar-refractivity contribution in [3.63, 3.8) is 0 Å². The van der Waals surface area contributed by atoms with Gasteiger partial charge in [0.2, 0.25) is 5.91 Å². The summed E-state index contributed by atoms with van der Waals surface area (Å²) in [6.45, 7) is 1.63. The fourth-order valence-electron chi connectivity index (χ4n) is 1.26. The Kier molecular flexibility index (Phi) is 3.04. The van der Waals surface area contributed by atoms with E-state index in [-0.39, 0.29) is 17.4 Å². The maximum atomic E-state index is 11.8. The predicted molar refractivity (Wildman–Crippen MR) is 58.9 cm³/mol. The summed E-state index contributed by atoms with van der Waals surface area (Å²) in [5.74, 6) is -1.37. The topological polar surface area (TPSA) is 126 Å². The minimum absolute atomic E-state index is 0.0984. The van der Waals surface area contributed by atoms with Crippen LogP contribution in [0.3, 0.4) is 0 Å². The van der Waals surface area contributed by atoms with Crippen LogP contribution in [0.4, 0.5) is 5.82 Å².